The maximum absolute atomic E-state index is 3.98. The number of piperazine rings is 1. The lowest BCUT2D eigenvalue weighted by molar-refractivity contribution is 0.179. The lowest BCUT2D eigenvalue weighted by Gasteiger charge is -2.30. The molecule has 2 rings (SSSR count). The minimum atomic E-state index is 0.265. The van der Waals surface area contributed by atoms with Gasteiger partial charge in [-0.2, -0.15) is 5.21 Å². The van der Waals surface area contributed by atoms with E-state index in [0.29, 0.717) is 0 Å². The molecule has 1 atom stereocenters. The molecule has 1 aliphatic heterocycles. The summed E-state index contributed by atoms with van der Waals surface area (Å²) in [4.78, 5) is 2.35. The minimum absolute atomic E-state index is 0.265. The van der Waals surface area contributed by atoms with Gasteiger partial charge >= 0.3 is 0 Å². The van der Waals surface area contributed by atoms with E-state index in [0.717, 1.165) is 32.0 Å². The summed E-state index contributed by atoms with van der Waals surface area (Å²) in [5, 5.41) is 17.3. The second-order valence-corrected chi connectivity index (χ2v) is 3.23. The third-order valence-corrected chi connectivity index (χ3v) is 2.43. The second kappa shape index (κ2) is 3.80. The van der Waals surface area contributed by atoms with Gasteiger partial charge in [0.05, 0.1) is 6.04 Å². The summed E-state index contributed by atoms with van der Waals surface area (Å²) in [5.41, 5.74) is 0. The van der Waals surface area contributed by atoms with Crippen LogP contribution in [0.3, 0.4) is 0 Å². The van der Waals surface area contributed by atoms with Gasteiger partial charge in [-0.3, -0.25) is 4.90 Å². The van der Waals surface area contributed by atoms with Crippen molar-refractivity contribution in [3.63, 3.8) is 0 Å². The number of rotatable bonds is 2. The van der Waals surface area contributed by atoms with Crippen molar-refractivity contribution in [1.82, 2.24) is 30.8 Å². The fraction of sp³-hybridized carbons (Fsp3) is 0.857. The number of nitrogens with zero attached hydrogens (tertiary/aromatic N) is 4. The van der Waals surface area contributed by atoms with Crippen LogP contribution in [0.4, 0.5) is 0 Å². The molecular weight excluding hydrogens is 168 g/mol. The van der Waals surface area contributed by atoms with Crippen LogP contribution in [0.15, 0.2) is 0 Å². The van der Waals surface area contributed by atoms with E-state index in [4.69, 9.17) is 0 Å². The van der Waals surface area contributed by atoms with E-state index in [2.05, 4.69) is 37.8 Å². The molecule has 2 N–H and O–H groups in total. The molecule has 72 valence electrons. The Morgan fingerprint density at radius 2 is 2.15 bits per heavy atom. The van der Waals surface area contributed by atoms with Crippen LogP contribution in [0.5, 0.6) is 0 Å². The van der Waals surface area contributed by atoms with Gasteiger partial charge < -0.3 is 5.32 Å². The summed E-state index contributed by atoms with van der Waals surface area (Å²) in [7, 11) is 0. The largest absolute Gasteiger partial charge is 0.314 e. The van der Waals surface area contributed by atoms with Gasteiger partial charge in [-0.05, 0) is 6.92 Å². The molecule has 1 aromatic heterocycles. The van der Waals surface area contributed by atoms with Crippen molar-refractivity contribution >= 4 is 0 Å². The van der Waals surface area contributed by atoms with E-state index in [1.54, 1.807) is 0 Å². The Balaban J connectivity index is 1.99. The third-order valence-electron chi connectivity index (χ3n) is 2.43. The number of aromatic amines is 1. The molecule has 0 amide bonds. The molecule has 1 fully saturated rings. The zero-order valence-electron chi connectivity index (χ0n) is 7.69. The van der Waals surface area contributed by atoms with Gasteiger partial charge in [-0.1, -0.05) is 5.21 Å². The molecule has 0 radical (unpaired) electrons. The Hall–Kier alpha value is -1.01. The molecule has 6 heteroatoms. The number of hydrogen-bond donors (Lipinski definition) is 2. The SMILES string of the molecule is CC(c1nn[nH]n1)N1CCNCC1. The van der Waals surface area contributed by atoms with Gasteiger partial charge in [0, 0.05) is 26.2 Å². The van der Waals surface area contributed by atoms with E-state index >= 15 is 0 Å². The number of tetrazole rings is 1. The van der Waals surface area contributed by atoms with Gasteiger partial charge in [-0.25, -0.2) is 0 Å². The van der Waals surface area contributed by atoms with Gasteiger partial charge in [0.15, 0.2) is 5.82 Å². The van der Waals surface area contributed by atoms with Crippen LogP contribution >= 0.6 is 0 Å². The van der Waals surface area contributed by atoms with Crippen LogP contribution in [0.1, 0.15) is 18.8 Å². The highest BCUT2D eigenvalue weighted by molar-refractivity contribution is 4.89. The Bertz CT molecular complexity index is 239. The average Bonchev–Trinajstić information content (AvgIpc) is 2.71. The highest BCUT2D eigenvalue weighted by Gasteiger charge is 2.20. The summed E-state index contributed by atoms with van der Waals surface area (Å²) in [6.45, 7) is 6.30. The first kappa shape index (κ1) is 8.58. The highest BCUT2D eigenvalue weighted by atomic mass is 15.5. The van der Waals surface area contributed by atoms with Gasteiger partial charge in [0.25, 0.3) is 0 Å². The summed E-state index contributed by atoms with van der Waals surface area (Å²) < 4.78 is 0. The minimum Gasteiger partial charge on any atom is -0.314 e. The maximum atomic E-state index is 3.98. The zero-order chi connectivity index (χ0) is 9.10. The van der Waals surface area contributed by atoms with Crippen LogP contribution < -0.4 is 5.32 Å². The number of H-pyrrole nitrogens is 1. The topological polar surface area (TPSA) is 69.7 Å². The molecule has 1 unspecified atom stereocenters. The summed E-state index contributed by atoms with van der Waals surface area (Å²) in [5.74, 6) is 0.780. The zero-order valence-corrected chi connectivity index (χ0v) is 7.69. The lowest BCUT2D eigenvalue weighted by Crippen LogP contribution is -2.44. The van der Waals surface area contributed by atoms with Crippen molar-refractivity contribution in [2.45, 2.75) is 13.0 Å². The van der Waals surface area contributed by atoms with E-state index in [1.165, 1.54) is 0 Å². The summed E-state index contributed by atoms with van der Waals surface area (Å²) >= 11 is 0. The normalized spacial score (nSPS) is 21.6. The van der Waals surface area contributed by atoms with Crippen LogP contribution in [0.2, 0.25) is 0 Å². The van der Waals surface area contributed by atoms with E-state index in [-0.39, 0.29) is 6.04 Å². The molecule has 0 saturated carbocycles. The Kier molecular flexibility index (Phi) is 2.51. The van der Waals surface area contributed by atoms with Crippen molar-refractivity contribution < 1.29 is 0 Å². The Morgan fingerprint density at radius 1 is 1.38 bits per heavy atom. The first-order valence-corrected chi connectivity index (χ1v) is 4.56. The molecule has 1 aliphatic rings. The van der Waals surface area contributed by atoms with Crippen molar-refractivity contribution in [2.75, 3.05) is 26.2 Å². The molecule has 6 nitrogen and oxygen atoms in total. The standard InChI is InChI=1S/C7H14N6/c1-6(7-9-11-12-10-7)13-4-2-8-3-5-13/h6,8H,2-5H2,1H3,(H,9,10,11,12). The number of nitrogens with one attached hydrogen (secondary N) is 2. The molecular formula is C7H14N6. The third kappa shape index (κ3) is 1.84. The lowest BCUT2D eigenvalue weighted by atomic mass is 10.2. The number of hydrogen-bond acceptors (Lipinski definition) is 5. The van der Waals surface area contributed by atoms with Crippen molar-refractivity contribution in [3.05, 3.63) is 5.82 Å². The summed E-state index contributed by atoms with van der Waals surface area (Å²) in [6.07, 6.45) is 0. The summed E-state index contributed by atoms with van der Waals surface area (Å²) in [6, 6.07) is 0.265. The van der Waals surface area contributed by atoms with Crippen molar-refractivity contribution in [2.24, 2.45) is 0 Å². The Labute approximate surface area is 76.7 Å². The van der Waals surface area contributed by atoms with Gasteiger partial charge in [0.1, 0.15) is 0 Å². The van der Waals surface area contributed by atoms with Crippen molar-refractivity contribution in [1.29, 1.82) is 0 Å². The molecule has 0 aromatic carbocycles. The monoisotopic (exact) mass is 182 g/mol. The fourth-order valence-electron chi connectivity index (χ4n) is 1.58. The van der Waals surface area contributed by atoms with E-state index in [9.17, 15) is 0 Å². The maximum Gasteiger partial charge on any atom is 0.191 e. The molecule has 13 heavy (non-hydrogen) atoms. The molecule has 1 saturated heterocycles. The average molecular weight is 182 g/mol. The van der Waals surface area contributed by atoms with Gasteiger partial charge in [-0.15, -0.1) is 10.2 Å². The molecule has 2 heterocycles. The van der Waals surface area contributed by atoms with Crippen LogP contribution in [0, 0.1) is 0 Å². The smallest absolute Gasteiger partial charge is 0.191 e. The quantitative estimate of drug-likeness (QED) is 0.624. The number of aromatic nitrogens is 4. The molecule has 0 spiro atoms. The van der Waals surface area contributed by atoms with E-state index < -0.39 is 0 Å². The predicted molar refractivity (Wildman–Crippen MR) is 47.0 cm³/mol. The second-order valence-electron chi connectivity index (χ2n) is 3.23. The predicted octanol–water partition coefficient (Wildman–Crippen LogP) is -0.834. The van der Waals surface area contributed by atoms with Crippen LogP contribution in [-0.4, -0.2) is 51.7 Å². The molecule has 0 aliphatic carbocycles. The molecule has 0 bridgehead atoms. The van der Waals surface area contributed by atoms with Crippen LogP contribution in [0.25, 0.3) is 0 Å². The van der Waals surface area contributed by atoms with Gasteiger partial charge in [0.2, 0.25) is 0 Å². The van der Waals surface area contributed by atoms with Crippen LogP contribution in [-0.2, 0) is 0 Å². The first-order chi connectivity index (χ1) is 6.38. The van der Waals surface area contributed by atoms with E-state index in [1.807, 2.05) is 0 Å². The fourth-order valence-corrected chi connectivity index (χ4v) is 1.58. The Morgan fingerprint density at radius 3 is 2.77 bits per heavy atom. The molecule has 1 aromatic rings. The highest BCUT2D eigenvalue weighted by Crippen LogP contribution is 2.14. The first-order valence-electron chi connectivity index (χ1n) is 4.56. The van der Waals surface area contributed by atoms with Crippen molar-refractivity contribution in [3.8, 4) is 0 Å².